The van der Waals surface area contributed by atoms with Crippen LogP contribution in [0.1, 0.15) is 27.2 Å². The molecule has 4 atom stereocenters. The minimum atomic E-state index is -3.86. The molecule has 7 nitrogen and oxygen atoms in total. The summed E-state index contributed by atoms with van der Waals surface area (Å²) in [4.78, 5) is 0.0304. The van der Waals surface area contributed by atoms with Crippen molar-refractivity contribution in [2.24, 2.45) is 11.7 Å². The number of rotatable bonds is 10. The zero-order chi connectivity index (χ0) is 19.2. The topological polar surface area (TPSA) is 102 Å². The highest BCUT2D eigenvalue weighted by atomic mass is 32.2. The molecule has 0 saturated heterocycles. The lowest BCUT2D eigenvalue weighted by Crippen LogP contribution is -2.46. The molecule has 0 fully saturated rings. The highest BCUT2D eigenvalue weighted by molar-refractivity contribution is 7.89. The molecule has 0 aromatic heterocycles. The molecule has 0 spiro atoms. The monoisotopic (exact) mass is 410 g/mol. The quantitative estimate of drug-likeness (QED) is 0.570. The van der Waals surface area contributed by atoms with Gasteiger partial charge in [0, 0.05) is 37.3 Å². The predicted octanol–water partition coefficient (Wildman–Crippen LogP) is 1.77. The van der Waals surface area contributed by atoms with Crippen LogP contribution in [0.5, 0.6) is 11.5 Å². The Labute approximate surface area is 154 Å². The number of nitrogens with two attached hydrogens (primary N) is 1. The summed E-state index contributed by atoms with van der Waals surface area (Å²) in [6, 6.07) is 3.90. The summed E-state index contributed by atoms with van der Waals surface area (Å²) in [5, 5.41) is 10.2. The molecule has 0 bridgehead atoms. The van der Waals surface area contributed by atoms with Gasteiger partial charge in [0.05, 0.1) is 29.9 Å². The number of sulfonamides is 1. The average molecular weight is 410 g/mol. The van der Waals surface area contributed by atoms with Crippen LogP contribution in [0, 0.1) is 5.92 Å². The molecule has 0 aliphatic carbocycles. The van der Waals surface area contributed by atoms with Crippen molar-refractivity contribution in [2.75, 3.05) is 13.1 Å². The van der Waals surface area contributed by atoms with Crippen LogP contribution in [0.4, 0.5) is 0 Å². The fourth-order valence-electron chi connectivity index (χ4n) is 2.27. The van der Waals surface area contributed by atoms with E-state index in [2.05, 4.69) is 18.9 Å². The highest BCUT2D eigenvalue weighted by Gasteiger charge is 2.29. The molecule has 1 aromatic rings. The first-order valence-corrected chi connectivity index (χ1v) is 10.4. The van der Waals surface area contributed by atoms with Crippen LogP contribution in [0.25, 0.3) is 0 Å². The maximum Gasteiger partial charge on any atom is 0.243 e. The molecular weight excluding hydrogens is 382 g/mol. The van der Waals surface area contributed by atoms with Crippen molar-refractivity contribution in [1.29, 1.82) is 0 Å². The van der Waals surface area contributed by atoms with Crippen LogP contribution in [-0.4, -0.2) is 43.1 Å². The molecule has 0 amide bonds. The van der Waals surface area contributed by atoms with Crippen molar-refractivity contribution >= 4 is 29.0 Å². The number of benzene rings is 1. The molecule has 0 aliphatic rings. The number of aliphatic hydroxyl groups excluding tert-OH is 1. The second kappa shape index (κ2) is 10.0. The van der Waals surface area contributed by atoms with E-state index in [1.54, 1.807) is 6.07 Å². The summed E-state index contributed by atoms with van der Waals surface area (Å²) < 4.78 is 37.6. The van der Waals surface area contributed by atoms with Gasteiger partial charge in [-0.05, 0) is 12.3 Å². The Morgan fingerprint density at radius 2 is 1.68 bits per heavy atom. The predicted molar refractivity (Wildman–Crippen MR) is 105 cm³/mol. The average Bonchev–Trinajstić information content (AvgIpc) is 2.59. The first kappa shape index (κ1) is 22.6. The van der Waals surface area contributed by atoms with Gasteiger partial charge < -0.3 is 19.9 Å². The van der Waals surface area contributed by atoms with E-state index in [4.69, 9.17) is 14.8 Å². The first-order valence-electron chi connectivity index (χ1n) is 7.98. The lowest BCUT2D eigenvalue weighted by Gasteiger charge is -2.28. The second-order valence-electron chi connectivity index (χ2n) is 6.23. The Morgan fingerprint density at radius 1 is 1.16 bits per heavy atom. The van der Waals surface area contributed by atoms with Gasteiger partial charge in [-0.15, -0.1) is 0 Å². The molecule has 25 heavy (non-hydrogen) atoms. The van der Waals surface area contributed by atoms with Gasteiger partial charge in [-0.3, -0.25) is 0 Å². The maximum absolute atomic E-state index is 13.1. The minimum absolute atomic E-state index is 0.0304. The molecule has 0 aliphatic heterocycles. The zero-order valence-corrected chi connectivity index (χ0v) is 17.9. The lowest BCUT2D eigenvalue weighted by molar-refractivity contribution is 0.115. The van der Waals surface area contributed by atoms with E-state index >= 15 is 0 Å². The summed E-state index contributed by atoms with van der Waals surface area (Å²) in [6.45, 7) is 5.86. The number of aliphatic hydroxyl groups is 1. The fraction of sp³-hybridized carbons (Fsp3) is 0.600. The molecule has 1 aromatic carbocycles. The van der Waals surface area contributed by atoms with Crippen LogP contribution >= 0.6 is 18.9 Å². The molecule has 2 unspecified atom stereocenters. The van der Waals surface area contributed by atoms with E-state index in [-0.39, 0.29) is 23.9 Å². The van der Waals surface area contributed by atoms with Crippen LogP contribution in [0.3, 0.4) is 0 Å². The second-order valence-corrected chi connectivity index (χ2v) is 8.64. The van der Waals surface area contributed by atoms with E-state index in [9.17, 15) is 13.5 Å². The third kappa shape index (κ3) is 6.31. The van der Waals surface area contributed by atoms with Crippen LogP contribution in [0.15, 0.2) is 23.1 Å². The Morgan fingerprint density at radius 3 is 2.08 bits per heavy atom. The van der Waals surface area contributed by atoms with Crippen LogP contribution < -0.4 is 14.8 Å². The van der Waals surface area contributed by atoms with Gasteiger partial charge in [0.1, 0.15) is 11.5 Å². The van der Waals surface area contributed by atoms with Gasteiger partial charge in [-0.1, -0.05) is 20.8 Å². The molecule has 0 saturated carbocycles. The lowest BCUT2D eigenvalue weighted by atomic mass is 10.1. The smallest absolute Gasteiger partial charge is 0.243 e. The minimum Gasteiger partial charge on any atom is -0.480 e. The van der Waals surface area contributed by atoms with Crippen molar-refractivity contribution < 1.29 is 22.6 Å². The van der Waals surface area contributed by atoms with Gasteiger partial charge in [0.25, 0.3) is 0 Å². The SMILES string of the molecule is CC[C@H](N)[C@H](O)CN(CC(C)C)S(=O)(=O)c1cc(OP)cc(OP)c1. The normalized spacial score (nSPS) is 14.6. The molecule has 144 valence electrons. The van der Waals surface area contributed by atoms with Crippen molar-refractivity contribution in [3.05, 3.63) is 18.2 Å². The zero-order valence-electron chi connectivity index (χ0n) is 14.8. The molecule has 0 radical (unpaired) electrons. The molecule has 1 rings (SSSR count). The standard InChI is InChI=1S/C15H28N2O5P2S/c1-4-14(16)15(18)9-17(8-10(2)3)25(19,20)13-6-11(21-23)5-12(7-13)22-24/h5-7,10,14-15,18H,4,8-9,16,23-24H2,1-3H3/t14-,15+/m0/s1. The number of hydrogen-bond acceptors (Lipinski definition) is 6. The van der Waals surface area contributed by atoms with E-state index in [0.29, 0.717) is 17.9 Å². The van der Waals surface area contributed by atoms with Gasteiger partial charge in [-0.25, -0.2) is 8.42 Å². The summed E-state index contributed by atoms with van der Waals surface area (Å²) in [5.74, 6) is 0.746. The fourth-order valence-corrected chi connectivity index (χ4v) is 4.22. The summed E-state index contributed by atoms with van der Waals surface area (Å²) in [5.41, 5.74) is 5.85. The molecular formula is C15H28N2O5P2S. The van der Waals surface area contributed by atoms with E-state index in [0.717, 1.165) is 0 Å². The van der Waals surface area contributed by atoms with E-state index in [1.807, 2.05) is 20.8 Å². The van der Waals surface area contributed by atoms with Gasteiger partial charge in [0.2, 0.25) is 10.0 Å². The highest BCUT2D eigenvalue weighted by Crippen LogP contribution is 2.30. The van der Waals surface area contributed by atoms with Gasteiger partial charge >= 0.3 is 0 Å². The van der Waals surface area contributed by atoms with Crippen molar-refractivity contribution in [3.8, 4) is 11.5 Å². The van der Waals surface area contributed by atoms with Crippen molar-refractivity contribution in [3.63, 3.8) is 0 Å². The third-order valence-electron chi connectivity index (χ3n) is 3.69. The molecule has 0 heterocycles. The van der Waals surface area contributed by atoms with Gasteiger partial charge in [0.15, 0.2) is 0 Å². The summed E-state index contributed by atoms with van der Waals surface area (Å²) >= 11 is 0. The summed E-state index contributed by atoms with van der Waals surface area (Å²) in [6.07, 6.45) is -0.393. The van der Waals surface area contributed by atoms with Crippen LogP contribution in [-0.2, 0) is 10.0 Å². The Bertz CT molecular complexity index is 635. The third-order valence-corrected chi connectivity index (χ3v) is 6.04. The van der Waals surface area contributed by atoms with E-state index in [1.165, 1.54) is 16.4 Å². The van der Waals surface area contributed by atoms with Gasteiger partial charge in [-0.2, -0.15) is 4.31 Å². The van der Waals surface area contributed by atoms with Crippen LogP contribution in [0.2, 0.25) is 0 Å². The molecule has 10 heteroatoms. The van der Waals surface area contributed by atoms with Crippen molar-refractivity contribution in [2.45, 2.75) is 44.2 Å². The summed E-state index contributed by atoms with van der Waals surface area (Å²) in [7, 11) is 0.280. The Balaban J connectivity index is 3.27. The Kier molecular flexibility index (Phi) is 9.02. The van der Waals surface area contributed by atoms with Crippen molar-refractivity contribution in [1.82, 2.24) is 4.31 Å². The van der Waals surface area contributed by atoms with E-state index < -0.39 is 22.2 Å². The first-order chi connectivity index (χ1) is 11.6. The largest absolute Gasteiger partial charge is 0.480 e. The number of hydrogen-bond donors (Lipinski definition) is 2. The Hall–Kier alpha value is -0.490. The number of nitrogens with zero attached hydrogens (tertiary/aromatic N) is 1. The molecule has 3 N–H and O–H groups in total. The maximum atomic E-state index is 13.1.